The number of anilines is 1. The first-order valence-corrected chi connectivity index (χ1v) is 17.3. The highest BCUT2D eigenvalue weighted by Crippen LogP contribution is 2.29. The van der Waals surface area contributed by atoms with Gasteiger partial charge in [0.15, 0.2) is 0 Å². The smallest absolute Gasteiger partial charge is 0.389 e. The molecular weight excluding hydrogens is 663 g/mol. The van der Waals surface area contributed by atoms with Crippen molar-refractivity contribution in [2.24, 2.45) is 5.92 Å². The molecule has 1 aliphatic heterocycles. The van der Waals surface area contributed by atoms with Crippen LogP contribution in [0, 0.1) is 5.92 Å². The van der Waals surface area contributed by atoms with E-state index in [0.717, 1.165) is 0 Å². The Hall–Kier alpha value is -2.91. The average molecular weight is 706 g/mol. The highest BCUT2D eigenvalue weighted by molar-refractivity contribution is 7.89. The highest BCUT2D eigenvalue weighted by Gasteiger charge is 2.33. The van der Waals surface area contributed by atoms with Gasteiger partial charge in [-0.1, -0.05) is 18.5 Å². The Morgan fingerprint density at radius 3 is 2.49 bits per heavy atom. The molecular formula is C32H43ClF3N3O7S. The van der Waals surface area contributed by atoms with Crippen LogP contribution in [0.3, 0.4) is 0 Å². The number of amides is 2. The van der Waals surface area contributed by atoms with E-state index in [4.69, 9.17) is 21.1 Å². The number of alkyl halides is 3. The molecule has 2 N–H and O–H groups in total. The van der Waals surface area contributed by atoms with Crippen LogP contribution in [0.1, 0.15) is 63.2 Å². The van der Waals surface area contributed by atoms with Gasteiger partial charge in [-0.05, 0) is 75.6 Å². The van der Waals surface area contributed by atoms with E-state index in [1.54, 1.807) is 6.92 Å². The molecule has 262 valence electrons. The van der Waals surface area contributed by atoms with Gasteiger partial charge in [-0.25, -0.2) is 8.42 Å². The number of nitrogens with one attached hydrogen (secondary N) is 1. The maximum Gasteiger partial charge on any atom is 0.389 e. The standard InChI is InChI=1S/C32H43ClF3N3O7S/c1-21-18-39(22(2)20-40)31(42)27-17-25(37-30(41)14-15-32(34,35)36)10-13-28(27)46-23(3)7-5-6-16-45-29(21)19-38(4)47(43,44)26-11-8-24(33)9-12-26/h8-13,17,21-23,29,40H,5-7,14-16,18-20H2,1-4H3,(H,37,41)/t21-,22-,23+,29+/m1/s1. The second-order valence-corrected chi connectivity index (χ2v) is 14.4. The number of hydrogen-bond donors (Lipinski definition) is 2. The lowest BCUT2D eigenvalue weighted by molar-refractivity contribution is -0.142. The fourth-order valence-corrected chi connectivity index (χ4v) is 6.39. The summed E-state index contributed by atoms with van der Waals surface area (Å²) in [6.07, 6.45) is -5.55. The normalized spacial score (nSPS) is 21.0. The summed E-state index contributed by atoms with van der Waals surface area (Å²) in [6.45, 7) is 5.28. The van der Waals surface area contributed by atoms with Gasteiger partial charge in [-0.2, -0.15) is 17.5 Å². The molecule has 0 aromatic heterocycles. The van der Waals surface area contributed by atoms with Gasteiger partial charge in [-0.15, -0.1) is 0 Å². The molecule has 1 aliphatic rings. The van der Waals surface area contributed by atoms with Crippen molar-refractivity contribution >= 4 is 39.1 Å². The average Bonchev–Trinajstić information content (AvgIpc) is 3.01. The number of fused-ring (bicyclic) bond motifs is 1. The van der Waals surface area contributed by atoms with Crippen molar-refractivity contribution in [3.63, 3.8) is 0 Å². The van der Waals surface area contributed by atoms with Gasteiger partial charge < -0.3 is 24.8 Å². The van der Waals surface area contributed by atoms with Crippen LogP contribution in [0.2, 0.25) is 5.02 Å². The molecule has 0 saturated heterocycles. The summed E-state index contributed by atoms with van der Waals surface area (Å²) in [5.74, 6) is -1.62. The van der Waals surface area contributed by atoms with Crippen LogP contribution >= 0.6 is 11.6 Å². The summed E-state index contributed by atoms with van der Waals surface area (Å²) < 4.78 is 78.2. The number of halogens is 4. The molecule has 2 aromatic carbocycles. The number of hydrogen-bond acceptors (Lipinski definition) is 7. The quantitative estimate of drug-likeness (QED) is 0.341. The molecule has 0 bridgehead atoms. The zero-order valence-electron chi connectivity index (χ0n) is 26.9. The number of aliphatic hydroxyl groups is 1. The maximum atomic E-state index is 14.2. The van der Waals surface area contributed by atoms with Gasteiger partial charge >= 0.3 is 6.18 Å². The Morgan fingerprint density at radius 1 is 1.17 bits per heavy atom. The van der Waals surface area contributed by atoms with E-state index in [-0.39, 0.29) is 41.1 Å². The molecule has 0 spiro atoms. The number of carbonyl (C=O) groups excluding carboxylic acids is 2. The molecule has 1 heterocycles. The summed E-state index contributed by atoms with van der Waals surface area (Å²) in [4.78, 5) is 27.9. The molecule has 0 aliphatic carbocycles. The van der Waals surface area contributed by atoms with Crippen molar-refractivity contribution in [2.75, 3.05) is 38.7 Å². The van der Waals surface area contributed by atoms with Gasteiger partial charge in [0.1, 0.15) is 5.75 Å². The summed E-state index contributed by atoms with van der Waals surface area (Å²) in [7, 11) is -2.45. The van der Waals surface area contributed by atoms with Gasteiger partial charge in [0.25, 0.3) is 5.91 Å². The first-order chi connectivity index (χ1) is 22.0. The molecule has 10 nitrogen and oxygen atoms in total. The van der Waals surface area contributed by atoms with Gasteiger partial charge in [0, 0.05) is 49.8 Å². The van der Waals surface area contributed by atoms with E-state index in [1.807, 2.05) is 13.8 Å². The lowest BCUT2D eigenvalue weighted by Gasteiger charge is -2.35. The molecule has 2 amide bonds. The Balaban J connectivity index is 1.94. The molecule has 2 aromatic rings. The number of nitrogens with zero attached hydrogens (tertiary/aromatic N) is 2. The zero-order valence-corrected chi connectivity index (χ0v) is 28.5. The van der Waals surface area contributed by atoms with Crippen molar-refractivity contribution in [1.82, 2.24) is 9.21 Å². The van der Waals surface area contributed by atoms with Crippen molar-refractivity contribution in [2.45, 2.75) is 82.2 Å². The van der Waals surface area contributed by atoms with E-state index in [9.17, 15) is 36.3 Å². The number of rotatable bonds is 9. The molecule has 47 heavy (non-hydrogen) atoms. The SMILES string of the molecule is C[C@@H]1CN([C@H](C)CO)C(=O)c2cc(NC(=O)CCC(F)(F)F)ccc2O[C@@H](C)CCCCO[C@H]1CN(C)S(=O)(=O)c1ccc(Cl)cc1. The third-order valence-corrected chi connectivity index (χ3v) is 10.0. The Labute approximate surface area is 279 Å². The van der Waals surface area contributed by atoms with E-state index >= 15 is 0 Å². The topological polar surface area (TPSA) is 125 Å². The van der Waals surface area contributed by atoms with Gasteiger partial charge in [0.05, 0.1) is 41.7 Å². The predicted molar refractivity (Wildman–Crippen MR) is 172 cm³/mol. The molecule has 0 fully saturated rings. The Kier molecular flexibility index (Phi) is 13.9. The summed E-state index contributed by atoms with van der Waals surface area (Å²) in [6, 6.07) is 9.43. The summed E-state index contributed by atoms with van der Waals surface area (Å²) in [5, 5.41) is 12.9. The number of likely N-dealkylation sites (N-methyl/N-ethyl adjacent to an activating group) is 1. The van der Waals surface area contributed by atoms with Crippen LogP contribution in [-0.2, 0) is 19.6 Å². The van der Waals surface area contributed by atoms with Crippen LogP contribution in [-0.4, -0.2) is 92.3 Å². The molecule has 0 radical (unpaired) electrons. The third kappa shape index (κ3) is 11.3. The number of benzene rings is 2. The molecule has 0 saturated carbocycles. The second-order valence-electron chi connectivity index (χ2n) is 11.9. The molecule has 3 rings (SSSR count). The minimum Gasteiger partial charge on any atom is -0.490 e. The first kappa shape index (κ1) is 38.5. The highest BCUT2D eigenvalue weighted by atomic mass is 35.5. The molecule has 15 heteroatoms. The van der Waals surface area contributed by atoms with Crippen molar-refractivity contribution in [3.8, 4) is 5.75 Å². The predicted octanol–water partition coefficient (Wildman–Crippen LogP) is 5.74. The minimum atomic E-state index is -4.50. The van der Waals surface area contributed by atoms with Crippen molar-refractivity contribution in [1.29, 1.82) is 0 Å². The monoisotopic (exact) mass is 705 g/mol. The molecule has 4 atom stereocenters. The number of sulfonamides is 1. The Bertz CT molecular complexity index is 1460. The fraction of sp³-hybridized carbons (Fsp3) is 0.562. The number of carbonyl (C=O) groups is 2. The van der Waals surface area contributed by atoms with Gasteiger partial charge in [0.2, 0.25) is 15.9 Å². The minimum absolute atomic E-state index is 0.0220. The largest absolute Gasteiger partial charge is 0.490 e. The van der Waals surface area contributed by atoms with Crippen LogP contribution in [0.15, 0.2) is 47.4 Å². The molecule has 0 unspecified atom stereocenters. The van der Waals surface area contributed by atoms with Gasteiger partial charge in [-0.3, -0.25) is 9.59 Å². The van der Waals surface area contributed by atoms with E-state index in [2.05, 4.69) is 5.32 Å². The van der Waals surface area contributed by atoms with E-state index < -0.39 is 65.5 Å². The van der Waals surface area contributed by atoms with Crippen LogP contribution in [0.5, 0.6) is 5.75 Å². The lowest BCUT2D eigenvalue weighted by Crippen LogP contribution is -2.48. The van der Waals surface area contributed by atoms with Crippen molar-refractivity contribution in [3.05, 3.63) is 53.1 Å². The van der Waals surface area contributed by atoms with E-state index in [0.29, 0.717) is 30.9 Å². The second kappa shape index (κ2) is 17.0. The first-order valence-electron chi connectivity index (χ1n) is 15.4. The zero-order chi connectivity index (χ0) is 34.9. The van der Waals surface area contributed by atoms with Crippen molar-refractivity contribution < 1.29 is 45.8 Å². The Morgan fingerprint density at radius 2 is 1.85 bits per heavy atom. The fourth-order valence-electron chi connectivity index (χ4n) is 5.08. The van der Waals surface area contributed by atoms with Crippen LogP contribution in [0.25, 0.3) is 0 Å². The van der Waals surface area contributed by atoms with Crippen LogP contribution in [0.4, 0.5) is 18.9 Å². The lowest BCUT2D eigenvalue weighted by atomic mass is 10.0. The summed E-state index contributed by atoms with van der Waals surface area (Å²) >= 11 is 5.94. The third-order valence-electron chi connectivity index (χ3n) is 7.93. The number of aliphatic hydroxyl groups excluding tert-OH is 1. The van der Waals surface area contributed by atoms with Crippen LogP contribution < -0.4 is 10.1 Å². The maximum absolute atomic E-state index is 14.2. The van der Waals surface area contributed by atoms with E-state index in [1.165, 1.54) is 58.7 Å². The summed E-state index contributed by atoms with van der Waals surface area (Å²) in [5.41, 5.74) is 0.163. The number of ether oxygens (including phenoxy) is 2.